The smallest absolute Gasteiger partial charge is 0.118 e. The van der Waals surface area contributed by atoms with Crippen molar-refractivity contribution in [3.05, 3.63) is 64.2 Å². The number of benzene rings is 2. The van der Waals surface area contributed by atoms with E-state index in [0.717, 1.165) is 35.8 Å². The van der Waals surface area contributed by atoms with Gasteiger partial charge in [-0.25, -0.2) is 0 Å². The van der Waals surface area contributed by atoms with Gasteiger partial charge in [0.1, 0.15) is 5.75 Å². The van der Waals surface area contributed by atoms with E-state index in [0.29, 0.717) is 0 Å². The van der Waals surface area contributed by atoms with Crippen LogP contribution in [0.15, 0.2) is 42.5 Å². The second kappa shape index (κ2) is 7.32. The van der Waals surface area contributed by atoms with Gasteiger partial charge in [-0.15, -0.1) is 0 Å². The summed E-state index contributed by atoms with van der Waals surface area (Å²) in [5.74, 6) is 0.899. The molecule has 20 heavy (non-hydrogen) atoms. The van der Waals surface area contributed by atoms with Crippen molar-refractivity contribution in [3.8, 4) is 5.75 Å². The molecule has 3 heteroatoms. The fourth-order valence-corrected chi connectivity index (χ4v) is 2.21. The van der Waals surface area contributed by atoms with Crippen LogP contribution in [-0.4, -0.2) is 13.7 Å². The molecule has 0 aliphatic heterocycles. The Labute approximate surface area is 125 Å². The quantitative estimate of drug-likeness (QED) is 0.812. The first-order valence-corrected chi connectivity index (χ1v) is 7.15. The summed E-state index contributed by atoms with van der Waals surface area (Å²) in [4.78, 5) is 0. The number of hydrogen-bond acceptors (Lipinski definition) is 2. The Morgan fingerprint density at radius 1 is 1.05 bits per heavy atom. The van der Waals surface area contributed by atoms with Crippen LogP contribution in [0.4, 0.5) is 0 Å². The fraction of sp³-hybridized carbons (Fsp3) is 0.294. The van der Waals surface area contributed by atoms with Gasteiger partial charge in [-0.05, 0) is 54.8 Å². The number of ether oxygens (including phenoxy) is 1. The maximum Gasteiger partial charge on any atom is 0.118 e. The molecule has 0 aromatic heterocycles. The SMILES string of the molecule is COc1ccc(CCNCc2ccc(C)c(Cl)c2)cc1. The van der Waals surface area contributed by atoms with Gasteiger partial charge < -0.3 is 10.1 Å². The predicted molar refractivity (Wildman–Crippen MR) is 84.6 cm³/mol. The molecule has 2 rings (SSSR count). The Bertz CT molecular complexity index is 551. The predicted octanol–water partition coefficient (Wildman–Crippen LogP) is 3.99. The van der Waals surface area contributed by atoms with Crippen LogP contribution >= 0.6 is 11.6 Å². The molecule has 0 fully saturated rings. The van der Waals surface area contributed by atoms with Crippen molar-refractivity contribution < 1.29 is 4.74 Å². The maximum atomic E-state index is 6.11. The Balaban J connectivity index is 1.76. The first-order chi connectivity index (χ1) is 9.69. The maximum absolute atomic E-state index is 6.11. The van der Waals surface area contributed by atoms with Gasteiger partial charge in [0.15, 0.2) is 0 Å². The molecule has 2 aromatic carbocycles. The molecule has 0 heterocycles. The van der Waals surface area contributed by atoms with Gasteiger partial charge in [-0.2, -0.15) is 0 Å². The lowest BCUT2D eigenvalue weighted by Gasteiger charge is -2.07. The van der Waals surface area contributed by atoms with Crippen molar-refractivity contribution in [1.29, 1.82) is 0 Å². The number of rotatable bonds is 6. The third-order valence-electron chi connectivity index (χ3n) is 3.31. The Hall–Kier alpha value is -1.51. The average Bonchev–Trinajstić information content (AvgIpc) is 2.48. The van der Waals surface area contributed by atoms with Crippen LogP contribution in [0.2, 0.25) is 5.02 Å². The average molecular weight is 290 g/mol. The molecule has 106 valence electrons. The Kier molecular flexibility index (Phi) is 5.45. The molecular weight excluding hydrogens is 270 g/mol. The van der Waals surface area contributed by atoms with Gasteiger partial charge in [-0.1, -0.05) is 35.9 Å². The molecule has 0 spiro atoms. The summed E-state index contributed by atoms with van der Waals surface area (Å²) in [7, 11) is 1.68. The Morgan fingerprint density at radius 3 is 2.40 bits per heavy atom. The summed E-state index contributed by atoms with van der Waals surface area (Å²) in [6.45, 7) is 3.80. The van der Waals surface area contributed by atoms with E-state index in [2.05, 4.69) is 29.6 Å². The number of methoxy groups -OCH3 is 1. The highest BCUT2D eigenvalue weighted by molar-refractivity contribution is 6.31. The molecule has 0 amide bonds. The zero-order chi connectivity index (χ0) is 14.4. The van der Waals surface area contributed by atoms with Crippen LogP contribution in [0.3, 0.4) is 0 Å². The third kappa shape index (κ3) is 4.26. The zero-order valence-electron chi connectivity index (χ0n) is 11.9. The highest BCUT2D eigenvalue weighted by Crippen LogP contribution is 2.16. The zero-order valence-corrected chi connectivity index (χ0v) is 12.7. The van der Waals surface area contributed by atoms with Gasteiger partial charge in [0.05, 0.1) is 7.11 Å². The normalized spacial score (nSPS) is 10.6. The summed E-state index contributed by atoms with van der Waals surface area (Å²) in [6, 6.07) is 14.4. The summed E-state index contributed by atoms with van der Waals surface area (Å²) in [5.41, 5.74) is 3.64. The van der Waals surface area contributed by atoms with Gasteiger partial charge in [-0.3, -0.25) is 0 Å². The summed E-state index contributed by atoms with van der Waals surface area (Å²) < 4.78 is 5.15. The molecule has 0 radical (unpaired) electrons. The molecule has 0 unspecified atom stereocenters. The van der Waals surface area contributed by atoms with Crippen LogP contribution in [0, 0.1) is 6.92 Å². The van der Waals surface area contributed by atoms with Crippen LogP contribution in [0.5, 0.6) is 5.75 Å². The standard InChI is InChI=1S/C17H20ClNO/c1-13-3-4-15(11-17(13)18)12-19-10-9-14-5-7-16(20-2)8-6-14/h3-8,11,19H,9-10,12H2,1-2H3. The molecule has 0 saturated carbocycles. The summed E-state index contributed by atoms with van der Waals surface area (Å²) in [6.07, 6.45) is 1.00. The number of hydrogen-bond donors (Lipinski definition) is 1. The summed E-state index contributed by atoms with van der Waals surface area (Å²) in [5, 5.41) is 4.27. The Morgan fingerprint density at radius 2 is 1.75 bits per heavy atom. The van der Waals surface area contributed by atoms with E-state index in [1.165, 1.54) is 11.1 Å². The second-order valence-corrected chi connectivity index (χ2v) is 5.27. The van der Waals surface area contributed by atoms with Gasteiger partial charge in [0, 0.05) is 11.6 Å². The van der Waals surface area contributed by atoms with Crippen molar-refractivity contribution in [2.45, 2.75) is 19.9 Å². The fourth-order valence-electron chi connectivity index (χ4n) is 2.00. The topological polar surface area (TPSA) is 21.3 Å². The molecule has 2 nitrogen and oxygen atoms in total. The number of aryl methyl sites for hydroxylation is 1. The van der Waals surface area contributed by atoms with Crippen molar-refractivity contribution in [1.82, 2.24) is 5.32 Å². The molecule has 1 N–H and O–H groups in total. The highest BCUT2D eigenvalue weighted by atomic mass is 35.5. The number of nitrogens with one attached hydrogen (secondary N) is 1. The van der Waals surface area contributed by atoms with E-state index < -0.39 is 0 Å². The molecule has 2 aromatic rings. The monoisotopic (exact) mass is 289 g/mol. The largest absolute Gasteiger partial charge is 0.497 e. The second-order valence-electron chi connectivity index (χ2n) is 4.86. The third-order valence-corrected chi connectivity index (χ3v) is 3.72. The summed E-state index contributed by atoms with van der Waals surface area (Å²) >= 11 is 6.11. The van der Waals surface area contributed by atoms with Gasteiger partial charge in [0.25, 0.3) is 0 Å². The molecular formula is C17H20ClNO. The first-order valence-electron chi connectivity index (χ1n) is 6.77. The van der Waals surface area contributed by atoms with Gasteiger partial charge >= 0.3 is 0 Å². The van der Waals surface area contributed by atoms with E-state index in [4.69, 9.17) is 16.3 Å². The van der Waals surface area contributed by atoms with Crippen LogP contribution in [0.1, 0.15) is 16.7 Å². The minimum absolute atomic E-state index is 0.833. The molecule has 0 saturated heterocycles. The van der Waals surface area contributed by atoms with E-state index in [1.54, 1.807) is 7.11 Å². The van der Waals surface area contributed by atoms with Crippen molar-refractivity contribution in [2.24, 2.45) is 0 Å². The molecule has 0 bridgehead atoms. The van der Waals surface area contributed by atoms with E-state index in [1.807, 2.05) is 25.1 Å². The molecule has 0 aliphatic carbocycles. The van der Waals surface area contributed by atoms with Crippen molar-refractivity contribution in [2.75, 3.05) is 13.7 Å². The lowest BCUT2D eigenvalue weighted by Crippen LogP contribution is -2.16. The highest BCUT2D eigenvalue weighted by Gasteiger charge is 1.98. The van der Waals surface area contributed by atoms with E-state index >= 15 is 0 Å². The first kappa shape index (κ1) is 14.9. The van der Waals surface area contributed by atoms with Crippen LogP contribution in [0.25, 0.3) is 0 Å². The van der Waals surface area contributed by atoms with Crippen molar-refractivity contribution >= 4 is 11.6 Å². The minimum Gasteiger partial charge on any atom is -0.497 e. The van der Waals surface area contributed by atoms with Gasteiger partial charge in [0.2, 0.25) is 0 Å². The van der Waals surface area contributed by atoms with Crippen LogP contribution < -0.4 is 10.1 Å². The lowest BCUT2D eigenvalue weighted by atomic mass is 10.1. The molecule has 0 atom stereocenters. The lowest BCUT2D eigenvalue weighted by molar-refractivity contribution is 0.414. The molecule has 0 aliphatic rings. The van der Waals surface area contributed by atoms with E-state index in [9.17, 15) is 0 Å². The van der Waals surface area contributed by atoms with Crippen molar-refractivity contribution in [3.63, 3.8) is 0 Å². The van der Waals surface area contributed by atoms with Crippen LogP contribution in [-0.2, 0) is 13.0 Å². The van der Waals surface area contributed by atoms with E-state index in [-0.39, 0.29) is 0 Å². The number of halogens is 1. The minimum atomic E-state index is 0.833.